The Morgan fingerprint density at radius 3 is 2.75 bits per heavy atom. The first-order chi connectivity index (χ1) is 11.4. The quantitative estimate of drug-likeness (QED) is 0.719. The number of Topliss-reactive ketones (excluding diaryl/α,β-unsaturated/α-hetero) is 1. The van der Waals surface area contributed by atoms with Crippen molar-refractivity contribution in [2.75, 3.05) is 20.2 Å². The summed E-state index contributed by atoms with van der Waals surface area (Å²) in [6.45, 7) is 6.59. The number of aryl methyl sites for hydroxylation is 2. The Kier molecular flexibility index (Phi) is 6.16. The van der Waals surface area contributed by atoms with Crippen LogP contribution in [-0.2, 0) is 26.3 Å². The molecule has 0 aliphatic heterocycles. The molecule has 132 valence electrons. The van der Waals surface area contributed by atoms with Crippen LogP contribution in [0.5, 0.6) is 0 Å². The third-order valence-corrected chi connectivity index (χ3v) is 5.08. The maximum absolute atomic E-state index is 12.3. The average molecular weight is 331 g/mol. The molecule has 4 heteroatoms. The van der Waals surface area contributed by atoms with Gasteiger partial charge in [0, 0.05) is 13.0 Å². The number of hydrogen-bond acceptors (Lipinski definition) is 4. The molecule has 0 radical (unpaired) electrons. The molecule has 24 heavy (non-hydrogen) atoms. The summed E-state index contributed by atoms with van der Waals surface area (Å²) < 4.78 is 5.26. The average Bonchev–Trinajstić information content (AvgIpc) is 2.53. The normalized spacial score (nSPS) is 19.9. The molecule has 0 aromatic heterocycles. The van der Waals surface area contributed by atoms with E-state index in [9.17, 15) is 9.59 Å². The van der Waals surface area contributed by atoms with Gasteiger partial charge in [-0.2, -0.15) is 0 Å². The molecule has 0 N–H and O–H groups in total. The molecule has 0 heterocycles. The number of hydrogen-bond donors (Lipinski definition) is 0. The zero-order chi connectivity index (χ0) is 17.7. The lowest BCUT2D eigenvalue weighted by atomic mass is 9.73. The van der Waals surface area contributed by atoms with Gasteiger partial charge in [-0.15, -0.1) is 0 Å². The Bertz CT molecular complexity index is 611. The Morgan fingerprint density at radius 1 is 1.33 bits per heavy atom. The van der Waals surface area contributed by atoms with Crippen molar-refractivity contribution in [3.8, 4) is 0 Å². The van der Waals surface area contributed by atoms with Gasteiger partial charge in [0.05, 0.1) is 18.6 Å². The number of benzene rings is 1. The Labute approximate surface area is 145 Å². The van der Waals surface area contributed by atoms with E-state index in [0.29, 0.717) is 26.0 Å². The van der Waals surface area contributed by atoms with Gasteiger partial charge in [-0.25, -0.2) is 0 Å². The van der Waals surface area contributed by atoms with Gasteiger partial charge in [-0.3, -0.25) is 14.5 Å². The van der Waals surface area contributed by atoms with Gasteiger partial charge in [0.1, 0.15) is 5.78 Å². The molecule has 0 amide bonds. The van der Waals surface area contributed by atoms with Crippen LogP contribution in [0.25, 0.3) is 0 Å². The van der Waals surface area contributed by atoms with Crippen molar-refractivity contribution in [1.29, 1.82) is 0 Å². The van der Waals surface area contributed by atoms with Gasteiger partial charge < -0.3 is 4.74 Å². The van der Waals surface area contributed by atoms with Crippen molar-refractivity contribution in [2.24, 2.45) is 0 Å². The number of esters is 1. The second-order valence-electron chi connectivity index (χ2n) is 6.90. The molecule has 0 bridgehead atoms. The van der Waals surface area contributed by atoms with Crippen LogP contribution in [0.4, 0.5) is 0 Å². The van der Waals surface area contributed by atoms with E-state index in [1.807, 2.05) is 14.0 Å². The number of nitrogens with zero attached hydrogens (tertiary/aromatic N) is 1. The summed E-state index contributed by atoms with van der Waals surface area (Å²) in [5, 5.41) is 0. The molecule has 2 rings (SSSR count). The number of carbonyl (C=O) groups is 2. The van der Waals surface area contributed by atoms with E-state index in [1.165, 1.54) is 16.7 Å². The summed E-state index contributed by atoms with van der Waals surface area (Å²) >= 11 is 0. The summed E-state index contributed by atoms with van der Waals surface area (Å²) in [7, 11) is 2.03. The van der Waals surface area contributed by atoms with Crippen molar-refractivity contribution in [1.82, 2.24) is 4.90 Å². The maximum atomic E-state index is 12.3. The first-order valence-electron chi connectivity index (χ1n) is 8.85. The van der Waals surface area contributed by atoms with E-state index in [0.717, 1.165) is 19.3 Å². The Hall–Kier alpha value is -1.68. The van der Waals surface area contributed by atoms with Crippen molar-refractivity contribution in [3.05, 3.63) is 34.9 Å². The van der Waals surface area contributed by atoms with Crippen LogP contribution in [0.2, 0.25) is 0 Å². The fraction of sp³-hybridized carbons (Fsp3) is 0.600. The van der Waals surface area contributed by atoms with Crippen molar-refractivity contribution < 1.29 is 14.3 Å². The highest BCUT2D eigenvalue weighted by Gasteiger charge is 2.42. The molecule has 1 aromatic carbocycles. The van der Waals surface area contributed by atoms with Crippen molar-refractivity contribution in [3.63, 3.8) is 0 Å². The lowest BCUT2D eigenvalue weighted by Crippen LogP contribution is -2.48. The molecule has 0 saturated carbocycles. The Balaban J connectivity index is 2.42. The van der Waals surface area contributed by atoms with Crippen molar-refractivity contribution in [2.45, 2.75) is 58.4 Å². The summed E-state index contributed by atoms with van der Waals surface area (Å²) in [4.78, 5) is 26.0. The first kappa shape index (κ1) is 18.7. The van der Waals surface area contributed by atoms with Crippen molar-refractivity contribution >= 4 is 11.8 Å². The monoisotopic (exact) mass is 331 g/mol. The molecule has 1 atom stereocenters. The molecule has 0 spiro atoms. The number of carbonyl (C=O) groups excluding carboxylic acids is 2. The van der Waals surface area contributed by atoms with Crippen LogP contribution < -0.4 is 0 Å². The van der Waals surface area contributed by atoms with Crippen LogP contribution in [-0.4, -0.2) is 36.9 Å². The summed E-state index contributed by atoms with van der Waals surface area (Å²) in [6, 6.07) is 6.52. The van der Waals surface area contributed by atoms with E-state index in [-0.39, 0.29) is 17.3 Å². The van der Waals surface area contributed by atoms with Gasteiger partial charge in [-0.05, 0) is 58.2 Å². The van der Waals surface area contributed by atoms with Crippen LogP contribution in [0.15, 0.2) is 18.2 Å². The SMILES string of the molecule is CCOC(=O)CC1(N(C)CCC(C)=O)CCCc2ccc(C)cc21. The molecule has 4 nitrogen and oxygen atoms in total. The predicted molar refractivity (Wildman–Crippen MR) is 95.0 cm³/mol. The highest BCUT2D eigenvalue weighted by molar-refractivity contribution is 5.75. The van der Waals surface area contributed by atoms with Crippen LogP contribution in [0, 0.1) is 6.92 Å². The van der Waals surface area contributed by atoms with E-state index in [4.69, 9.17) is 4.74 Å². The number of fused-ring (bicyclic) bond motifs is 1. The zero-order valence-electron chi connectivity index (χ0n) is 15.4. The second-order valence-corrected chi connectivity index (χ2v) is 6.90. The highest BCUT2D eigenvalue weighted by atomic mass is 16.5. The minimum Gasteiger partial charge on any atom is -0.466 e. The minimum absolute atomic E-state index is 0.165. The third kappa shape index (κ3) is 4.04. The molecule has 1 aromatic rings. The molecular weight excluding hydrogens is 302 g/mol. The van der Waals surface area contributed by atoms with Gasteiger partial charge in [-0.1, -0.05) is 23.8 Å². The van der Waals surface area contributed by atoms with Gasteiger partial charge in [0.25, 0.3) is 0 Å². The molecule has 0 saturated heterocycles. The topological polar surface area (TPSA) is 46.6 Å². The lowest BCUT2D eigenvalue weighted by molar-refractivity contribution is -0.147. The van der Waals surface area contributed by atoms with Crippen LogP contribution >= 0.6 is 0 Å². The minimum atomic E-state index is -0.374. The van der Waals surface area contributed by atoms with E-state index >= 15 is 0 Å². The van der Waals surface area contributed by atoms with E-state index in [2.05, 4.69) is 30.0 Å². The third-order valence-electron chi connectivity index (χ3n) is 5.08. The highest BCUT2D eigenvalue weighted by Crippen LogP contribution is 2.43. The van der Waals surface area contributed by atoms with Crippen LogP contribution in [0.1, 0.15) is 56.2 Å². The number of rotatable bonds is 7. The van der Waals surface area contributed by atoms with E-state index < -0.39 is 0 Å². The van der Waals surface area contributed by atoms with Gasteiger partial charge in [0.15, 0.2) is 0 Å². The first-order valence-corrected chi connectivity index (χ1v) is 8.85. The zero-order valence-corrected chi connectivity index (χ0v) is 15.4. The molecule has 1 unspecified atom stereocenters. The fourth-order valence-corrected chi connectivity index (χ4v) is 3.75. The van der Waals surface area contributed by atoms with Gasteiger partial charge >= 0.3 is 5.97 Å². The van der Waals surface area contributed by atoms with Crippen LogP contribution in [0.3, 0.4) is 0 Å². The standard InChI is InChI=1S/C20H29NO3/c1-5-24-19(23)14-20(21(4)12-10-16(3)22)11-6-7-17-9-8-15(2)13-18(17)20/h8-9,13H,5-7,10-12,14H2,1-4H3. The number of ether oxygens (including phenoxy) is 1. The van der Waals surface area contributed by atoms with Gasteiger partial charge in [0.2, 0.25) is 0 Å². The second kappa shape index (κ2) is 7.93. The maximum Gasteiger partial charge on any atom is 0.308 e. The number of ketones is 1. The fourth-order valence-electron chi connectivity index (χ4n) is 3.75. The van der Waals surface area contributed by atoms with E-state index in [1.54, 1.807) is 6.92 Å². The largest absolute Gasteiger partial charge is 0.466 e. The molecular formula is C20H29NO3. The summed E-state index contributed by atoms with van der Waals surface area (Å²) in [5.74, 6) is 0.00920. The lowest BCUT2D eigenvalue weighted by Gasteiger charge is -2.45. The summed E-state index contributed by atoms with van der Waals surface area (Å²) in [6.07, 6.45) is 3.84. The smallest absolute Gasteiger partial charge is 0.308 e. The summed E-state index contributed by atoms with van der Waals surface area (Å²) in [5.41, 5.74) is 3.36. The molecule has 1 aliphatic rings. The Morgan fingerprint density at radius 2 is 2.08 bits per heavy atom. The molecule has 0 fully saturated rings. The predicted octanol–water partition coefficient (Wildman–Crippen LogP) is 3.39. The molecule has 1 aliphatic carbocycles.